The predicted molar refractivity (Wildman–Crippen MR) is 100 cm³/mol. The van der Waals surface area contributed by atoms with E-state index in [9.17, 15) is 9.59 Å². The molecule has 1 amide bonds. The standard InChI is InChI=1S/C21H20N2O3/c1-16-7-9-17(10-8-16)11-12-21(25)26-15-20(24)23-14-13-19(22-23)18-5-3-2-4-6-18/h2-12H,13-15H2,1H3/b12-11+. The maximum absolute atomic E-state index is 12.2. The molecular weight excluding hydrogens is 328 g/mol. The van der Waals surface area contributed by atoms with E-state index < -0.39 is 5.97 Å². The molecule has 0 spiro atoms. The zero-order chi connectivity index (χ0) is 18.4. The average molecular weight is 348 g/mol. The van der Waals surface area contributed by atoms with Crippen LogP contribution in [-0.4, -0.2) is 35.7 Å². The van der Waals surface area contributed by atoms with Crippen molar-refractivity contribution < 1.29 is 14.3 Å². The third kappa shape index (κ3) is 4.66. The summed E-state index contributed by atoms with van der Waals surface area (Å²) in [6.07, 6.45) is 3.67. The minimum atomic E-state index is -0.551. The summed E-state index contributed by atoms with van der Waals surface area (Å²) in [5.74, 6) is -0.876. The molecule has 0 fully saturated rings. The number of amides is 1. The molecule has 0 radical (unpaired) electrons. The molecule has 132 valence electrons. The van der Waals surface area contributed by atoms with Gasteiger partial charge in [-0.1, -0.05) is 60.2 Å². The zero-order valence-corrected chi connectivity index (χ0v) is 14.6. The molecule has 0 aliphatic carbocycles. The van der Waals surface area contributed by atoms with Gasteiger partial charge in [-0.2, -0.15) is 5.10 Å². The maximum Gasteiger partial charge on any atom is 0.331 e. The smallest absolute Gasteiger partial charge is 0.331 e. The Labute approximate surface area is 152 Å². The van der Waals surface area contributed by atoms with Gasteiger partial charge in [0.1, 0.15) is 0 Å². The normalized spacial score (nSPS) is 13.7. The summed E-state index contributed by atoms with van der Waals surface area (Å²) in [5, 5.41) is 5.69. The fourth-order valence-corrected chi connectivity index (χ4v) is 2.57. The molecule has 1 aliphatic rings. The zero-order valence-electron chi connectivity index (χ0n) is 14.6. The van der Waals surface area contributed by atoms with Crippen molar-refractivity contribution >= 4 is 23.7 Å². The Morgan fingerprint density at radius 1 is 1.12 bits per heavy atom. The molecule has 1 heterocycles. The molecule has 0 aromatic heterocycles. The third-order valence-corrected chi connectivity index (χ3v) is 4.02. The first-order chi connectivity index (χ1) is 12.6. The topological polar surface area (TPSA) is 59.0 Å². The molecule has 0 saturated carbocycles. The van der Waals surface area contributed by atoms with Gasteiger partial charge in [0, 0.05) is 12.5 Å². The van der Waals surface area contributed by atoms with Crippen molar-refractivity contribution in [3.63, 3.8) is 0 Å². The maximum atomic E-state index is 12.2. The molecule has 3 rings (SSSR count). The SMILES string of the molecule is Cc1ccc(/C=C/C(=O)OCC(=O)N2CCC(c3ccccc3)=N2)cc1. The van der Waals surface area contributed by atoms with Crippen molar-refractivity contribution in [3.05, 3.63) is 77.4 Å². The van der Waals surface area contributed by atoms with Crippen LogP contribution in [0.1, 0.15) is 23.1 Å². The number of hydrogen-bond donors (Lipinski definition) is 0. The summed E-state index contributed by atoms with van der Waals surface area (Å²) in [6, 6.07) is 17.5. The molecule has 5 heteroatoms. The number of aryl methyl sites for hydroxylation is 1. The molecule has 0 bridgehead atoms. The summed E-state index contributed by atoms with van der Waals surface area (Å²) in [5.41, 5.74) is 3.91. The summed E-state index contributed by atoms with van der Waals surface area (Å²) in [7, 11) is 0. The van der Waals surface area contributed by atoms with E-state index in [1.165, 1.54) is 11.1 Å². The van der Waals surface area contributed by atoms with E-state index in [0.29, 0.717) is 13.0 Å². The van der Waals surface area contributed by atoms with Gasteiger partial charge >= 0.3 is 5.97 Å². The van der Waals surface area contributed by atoms with Crippen LogP contribution in [0.2, 0.25) is 0 Å². The van der Waals surface area contributed by atoms with Gasteiger partial charge < -0.3 is 4.74 Å². The van der Waals surface area contributed by atoms with Crippen LogP contribution in [-0.2, 0) is 14.3 Å². The van der Waals surface area contributed by atoms with Crippen molar-refractivity contribution in [1.82, 2.24) is 5.01 Å². The minimum absolute atomic E-state index is 0.317. The molecule has 0 unspecified atom stereocenters. The second-order valence-electron chi connectivity index (χ2n) is 6.03. The fourth-order valence-electron chi connectivity index (χ4n) is 2.57. The summed E-state index contributed by atoms with van der Waals surface area (Å²) in [6.45, 7) is 2.18. The van der Waals surface area contributed by atoms with Crippen LogP contribution in [0, 0.1) is 6.92 Å². The molecule has 26 heavy (non-hydrogen) atoms. The third-order valence-electron chi connectivity index (χ3n) is 4.02. The second-order valence-corrected chi connectivity index (χ2v) is 6.03. The molecule has 2 aromatic rings. The van der Waals surface area contributed by atoms with Crippen LogP contribution in [0.5, 0.6) is 0 Å². The Balaban J connectivity index is 1.50. The number of ether oxygens (including phenoxy) is 1. The lowest BCUT2D eigenvalue weighted by Gasteiger charge is -2.10. The number of hydrogen-bond acceptors (Lipinski definition) is 4. The number of benzene rings is 2. The Bertz CT molecular complexity index is 839. The molecule has 0 atom stereocenters. The highest BCUT2D eigenvalue weighted by Gasteiger charge is 2.22. The second kappa shape index (κ2) is 8.25. The van der Waals surface area contributed by atoms with E-state index in [4.69, 9.17) is 4.74 Å². The quantitative estimate of drug-likeness (QED) is 0.616. The highest BCUT2D eigenvalue weighted by atomic mass is 16.5. The fraction of sp³-hybridized carbons (Fsp3) is 0.190. The van der Waals surface area contributed by atoms with E-state index in [1.54, 1.807) is 6.08 Å². The van der Waals surface area contributed by atoms with Crippen LogP contribution in [0.25, 0.3) is 6.08 Å². The number of carbonyl (C=O) groups excluding carboxylic acids is 2. The lowest BCUT2D eigenvalue weighted by atomic mass is 10.1. The molecule has 5 nitrogen and oxygen atoms in total. The number of nitrogens with zero attached hydrogens (tertiary/aromatic N) is 2. The Kier molecular flexibility index (Phi) is 5.59. The highest BCUT2D eigenvalue weighted by molar-refractivity contribution is 6.02. The highest BCUT2D eigenvalue weighted by Crippen LogP contribution is 2.13. The monoisotopic (exact) mass is 348 g/mol. The average Bonchev–Trinajstić information content (AvgIpc) is 3.17. The summed E-state index contributed by atoms with van der Waals surface area (Å²) < 4.78 is 5.02. The summed E-state index contributed by atoms with van der Waals surface area (Å²) in [4.78, 5) is 23.9. The first-order valence-electron chi connectivity index (χ1n) is 8.46. The van der Waals surface area contributed by atoms with Gasteiger partial charge in [0.05, 0.1) is 12.3 Å². The first-order valence-corrected chi connectivity index (χ1v) is 8.46. The number of carbonyl (C=O) groups is 2. The molecule has 2 aromatic carbocycles. The van der Waals surface area contributed by atoms with Crippen molar-refractivity contribution in [3.8, 4) is 0 Å². The van der Waals surface area contributed by atoms with Gasteiger partial charge in [0.15, 0.2) is 6.61 Å². The predicted octanol–water partition coefficient (Wildman–Crippen LogP) is 3.19. The van der Waals surface area contributed by atoms with E-state index in [1.807, 2.05) is 61.5 Å². The van der Waals surface area contributed by atoms with Gasteiger partial charge in [-0.25, -0.2) is 9.80 Å². The van der Waals surface area contributed by atoms with Crippen LogP contribution in [0.15, 0.2) is 65.8 Å². The number of hydrazone groups is 1. The van der Waals surface area contributed by atoms with Crippen molar-refractivity contribution in [2.24, 2.45) is 5.10 Å². The Hall–Kier alpha value is -3.21. The van der Waals surface area contributed by atoms with E-state index in [2.05, 4.69) is 5.10 Å². The van der Waals surface area contributed by atoms with Crippen LogP contribution in [0.4, 0.5) is 0 Å². The van der Waals surface area contributed by atoms with Crippen molar-refractivity contribution in [2.45, 2.75) is 13.3 Å². The largest absolute Gasteiger partial charge is 0.452 e. The van der Waals surface area contributed by atoms with E-state index in [-0.39, 0.29) is 12.5 Å². The van der Waals surface area contributed by atoms with Crippen LogP contribution < -0.4 is 0 Å². The molecule has 0 N–H and O–H groups in total. The van der Waals surface area contributed by atoms with Gasteiger partial charge in [0.25, 0.3) is 5.91 Å². The molecule has 0 saturated heterocycles. The van der Waals surface area contributed by atoms with Gasteiger partial charge in [0.2, 0.25) is 0 Å². The molecular formula is C21H20N2O3. The Morgan fingerprint density at radius 3 is 2.58 bits per heavy atom. The van der Waals surface area contributed by atoms with Gasteiger partial charge in [-0.3, -0.25) is 4.79 Å². The van der Waals surface area contributed by atoms with E-state index >= 15 is 0 Å². The number of esters is 1. The van der Waals surface area contributed by atoms with Crippen LogP contribution >= 0.6 is 0 Å². The van der Waals surface area contributed by atoms with Crippen molar-refractivity contribution in [2.75, 3.05) is 13.2 Å². The molecule has 1 aliphatic heterocycles. The lowest BCUT2D eigenvalue weighted by molar-refractivity contribution is -0.147. The van der Waals surface area contributed by atoms with E-state index in [0.717, 1.165) is 22.4 Å². The Morgan fingerprint density at radius 2 is 1.85 bits per heavy atom. The van der Waals surface area contributed by atoms with Gasteiger partial charge in [-0.05, 0) is 24.1 Å². The summed E-state index contributed by atoms with van der Waals surface area (Å²) >= 11 is 0. The van der Waals surface area contributed by atoms with Crippen molar-refractivity contribution in [1.29, 1.82) is 0 Å². The first kappa shape index (κ1) is 17.6. The number of rotatable bonds is 5. The van der Waals surface area contributed by atoms with Gasteiger partial charge in [-0.15, -0.1) is 0 Å². The van der Waals surface area contributed by atoms with Crippen LogP contribution in [0.3, 0.4) is 0 Å². The minimum Gasteiger partial charge on any atom is -0.452 e. The lowest BCUT2D eigenvalue weighted by Crippen LogP contribution is -2.28.